The maximum Gasteiger partial charge on any atom is 0.433 e. The van der Waals surface area contributed by atoms with Crippen LogP contribution in [0.4, 0.5) is 5.88 Å². The first kappa shape index (κ1) is 14.6. The number of hydrogen-bond acceptors (Lipinski definition) is 5. The highest BCUT2D eigenvalue weighted by Gasteiger charge is 2.16. The van der Waals surface area contributed by atoms with Crippen LogP contribution in [-0.4, -0.2) is 24.0 Å². The molecule has 0 spiro atoms. The maximum absolute atomic E-state index is 11.7. The summed E-state index contributed by atoms with van der Waals surface area (Å²) < 4.78 is 10.2. The predicted molar refractivity (Wildman–Crippen MR) is 74.4 cm³/mol. The van der Waals surface area contributed by atoms with Gasteiger partial charge >= 0.3 is 5.88 Å². The molecule has 2 rings (SSSR count). The molecule has 2 aromatic rings. The summed E-state index contributed by atoms with van der Waals surface area (Å²) >= 11 is 0. The van der Waals surface area contributed by atoms with Gasteiger partial charge in [-0.25, -0.2) is 0 Å². The van der Waals surface area contributed by atoms with Crippen molar-refractivity contribution >= 4 is 11.8 Å². The van der Waals surface area contributed by atoms with Crippen LogP contribution in [0.2, 0.25) is 0 Å². The molecule has 1 N–H and O–H groups in total. The topological polar surface area (TPSA) is 94.6 Å². The highest BCUT2D eigenvalue weighted by Crippen LogP contribution is 2.15. The number of benzene rings is 1. The Balaban J connectivity index is 1.77. The Morgan fingerprint density at radius 1 is 1.38 bits per heavy atom. The van der Waals surface area contributed by atoms with Gasteiger partial charge in [0, 0.05) is 0 Å². The van der Waals surface area contributed by atoms with Gasteiger partial charge in [0.2, 0.25) is 0 Å². The van der Waals surface area contributed by atoms with Gasteiger partial charge in [0.1, 0.15) is 17.3 Å². The van der Waals surface area contributed by atoms with E-state index < -0.39 is 16.7 Å². The minimum absolute atomic E-state index is 0.0998. The zero-order valence-corrected chi connectivity index (χ0v) is 11.4. The molecule has 0 aliphatic rings. The van der Waals surface area contributed by atoms with Crippen molar-refractivity contribution in [2.24, 2.45) is 0 Å². The molecule has 21 heavy (non-hydrogen) atoms. The molecule has 0 atom stereocenters. The fraction of sp³-hybridized carbons (Fsp3) is 0.214. The molecule has 0 aliphatic carbocycles. The number of nitrogens with one attached hydrogen (secondary N) is 1. The summed E-state index contributed by atoms with van der Waals surface area (Å²) in [7, 11) is 0. The van der Waals surface area contributed by atoms with Gasteiger partial charge in [0.25, 0.3) is 5.91 Å². The van der Waals surface area contributed by atoms with E-state index in [1.807, 2.05) is 31.2 Å². The molecule has 7 heteroatoms. The van der Waals surface area contributed by atoms with Crippen molar-refractivity contribution in [2.75, 3.05) is 13.2 Å². The van der Waals surface area contributed by atoms with E-state index in [-0.39, 0.29) is 18.9 Å². The summed E-state index contributed by atoms with van der Waals surface area (Å²) in [6.07, 6.45) is 0. The summed E-state index contributed by atoms with van der Waals surface area (Å²) in [5.41, 5.74) is 1.08. The highest BCUT2D eigenvalue weighted by molar-refractivity contribution is 5.91. The molecule has 1 amide bonds. The fourth-order valence-electron chi connectivity index (χ4n) is 1.67. The standard InChI is InChI=1S/C14H14N2O5/c1-10-3-2-4-11(9-10)20-8-7-15-14(17)12-5-6-13(21-12)16(18)19/h2-6,9H,7-8H2,1H3,(H,15,17). The van der Waals surface area contributed by atoms with Crippen molar-refractivity contribution in [2.45, 2.75) is 6.92 Å². The Morgan fingerprint density at radius 2 is 2.19 bits per heavy atom. The van der Waals surface area contributed by atoms with E-state index >= 15 is 0 Å². The molecule has 0 saturated carbocycles. The van der Waals surface area contributed by atoms with Crippen molar-refractivity contribution < 1.29 is 18.9 Å². The third-order valence-corrected chi connectivity index (χ3v) is 2.64. The van der Waals surface area contributed by atoms with E-state index in [0.29, 0.717) is 0 Å². The van der Waals surface area contributed by atoms with Gasteiger partial charge in [-0.05, 0) is 30.7 Å². The number of hydrogen-bond donors (Lipinski definition) is 1. The van der Waals surface area contributed by atoms with Crippen molar-refractivity contribution in [1.29, 1.82) is 0 Å². The van der Waals surface area contributed by atoms with Crippen molar-refractivity contribution in [1.82, 2.24) is 5.32 Å². The third kappa shape index (κ3) is 4.07. The van der Waals surface area contributed by atoms with E-state index in [1.54, 1.807) is 0 Å². The molecule has 1 aromatic heterocycles. The normalized spacial score (nSPS) is 10.1. The first-order chi connectivity index (χ1) is 10.1. The molecule has 0 unspecified atom stereocenters. The lowest BCUT2D eigenvalue weighted by atomic mass is 10.2. The summed E-state index contributed by atoms with van der Waals surface area (Å²) in [5, 5.41) is 13.0. The summed E-state index contributed by atoms with van der Waals surface area (Å²) in [4.78, 5) is 21.4. The van der Waals surface area contributed by atoms with Gasteiger partial charge in [-0.1, -0.05) is 12.1 Å². The number of carbonyl (C=O) groups excluding carboxylic acids is 1. The van der Waals surface area contributed by atoms with Crippen molar-refractivity contribution in [3.05, 3.63) is 57.8 Å². The smallest absolute Gasteiger partial charge is 0.433 e. The molecular weight excluding hydrogens is 276 g/mol. The molecule has 0 saturated heterocycles. The predicted octanol–water partition coefficient (Wildman–Crippen LogP) is 2.31. The van der Waals surface area contributed by atoms with Gasteiger partial charge in [-0.2, -0.15) is 0 Å². The lowest BCUT2D eigenvalue weighted by molar-refractivity contribution is -0.402. The Bertz CT molecular complexity index is 650. The van der Waals surface area contributed by atoms with Gasteiger partial charge in [0.05, 0.1) is 12.6 Å². The number of carbonyl (C=O) groups is 1. The molecule has 110 valence electrons. The first-order valence-corrected chi connectivity index (χ1v) is 6.28. The van der Waals surface area contributed by atoms with Crippen molar-refractivity contribution in [3.8, 4) is 5.75 Å². The molecule has 0 radical (unpaired) electrons. The Morgan fingerprint density at radius 3 is 2.86 bits per heavy atom. The quantitative estimate of drug-likeness (QED) is 0.500. The van der Waals surface area contributed by atoms with E-state index in [4.69, 9.17) is 9.15 Å². The summed E-state index contributed by atoms with van der Waals surface area (Å²) in [6.45, 7) is 2.51. The summed E-state index contributed by atoms with van der Waals surface area (Å²) in [6, 6.07) is 9.94. The largest absolute Gasteiger partial charge is 0.492 e. The molecule has 0 fully saturated rings. The van der Waals surface area contributed by atoms with Crippen LogP contribution in [0.1, 0.15) is 16.1 Å². The zero-order chi connectivity index (χ0) is 15.2. The van der Waals surface area contributed by atoms with Gasteiger partial charge in [-0.3, -0.25) is 14.9 Å². The Hall–Kier alpha value is -2.83. The second kappa shape index (κ2) is 6.56. The lowest BCUT2D eigenvalue weighted by Crippen LogP contribution is -2.27. The molecule has 7 nitrogen and oxygen atoms in total. The zero-order valence-electron chi connectivity index (χ0n) is 11.4. The Kier molecular flexibility index (Phi) is 4.55. The molecule has 0 aliphatic heterocycles. The molecule has 1 aromatic carbocycles. The average molecular weight is 290 g/mol. The molecular formula is C14H14N2O5. The SMILES string of the molecule is Cc1cccc(OCCNC(=O)c2ccc([N+](=O)[O-])o2)c1. The number of furan rings is 1. The minimum atomic E-state index is -0.697. The monoisotopic (exact) mass is 290 g/mol. The van der Waals surface area contributed by atoms with Crippen LogP contribution in [0.5, 0.6) is 5.75 Å². The van der Waals surface area contributed by atoms with E-state index in [0.717, 1.165) is 17.4 Å². The molecule has 0 bridgehead atoms. The van der Waals surface area contributed by atoms with Gasteiger partial charge in [-0.15, -0.1) is 0 Å². The number of nitrogens with zero attached hydrogens (tertiary/aromatic N) is 1. The van der Waals surface area contributed by atoms with Crippen LogP contribution < -0.4 is 10.1 Å². The lowest BCUT2D eigenvalue weighted by Gasteiger charge is -2.07. The van der Waals surface area contributed by atoms with Crippen LogP contribution in [0, 0.1) is 17.0 Å². The van der Waals surface area contributed by atoms with Crippen LogP contribution in [0.25, 0.3) is 0 Å². The fourth-order valence-corrected chi connectivity index (χ4v) is 1.67. The Labute approximate surface area is 120 Å². The highest BCUT2D eigenvalue weighted by atomic mass is 16.6. The first-order valence-electron chi connectivity index (χ1n) is 6.28. The van der Waals surface area contributed by atoms with E-state index in [1.165, 1.54) is 6.07 Å². The van der Waals surface area contributed by atoms with Gasteiger partial charge < -0.3 is 14.5 Å². The van der Waals surface area contributed by atoms with E-state index in [2.05, 4.69) is 5.32 Å². The number of nitro groups is 1. The second-order valence-electron chi connectivity index (χ2n) is 4.32. The van der Waals surface area contributed by atoms with Crippen LogP contribution in [0.15, 0.2) is 40.8 Å². The van der Waals surface area contributed by atoms with Crippen molar-refractivity contribution in [3.63, 3.8) is 0 Å². The third-order valence-electron chi connectivity index (χ3n) is 2.64. The number of aryl methyl sites for hydroxylation is 1. The number of ether oxygens (including phenoxy) is 1. The summed E-state index contributed by atoms with van der Waals surface area (Å²) in [5.74, 6) is -0.359. The average Bonchev–Trinajstić information content (AvgIpc) is 2.93. The molecule has 1 heterocycles. The van der Waals surface area contributed by atoms with Gasteiger partial charge in [0.15, 0.2) is 5.76 Å². The maximum atomic E-state index is 11.7. The van der Waals surface area contributed by atoms with Crippen LogP contribution in [0.3, 0.4) is 0 Å². The number of amides is 1. The van der Waals surface area contributed by atoms with Crippen LogP contribution in [-0.2, 0) is 0 Å². The second-order valence-corrected chi connectivity index (χ2v) is 4.32. The van der Waals surface area contributed by atoms with E-state index in [9.17, 15) is 14.9 Å². The van der Waals surface area contributed by atoms with Crippen LogP contribution >= 0.6 is 0 Å². The number of rotatable bonds is 6. The minimum Gasteiger partial charge on any atom is -0.492 e.